The lowest BCUT2D eigenvalue weighted by Crippen LogP contribution is -2.43. The summed E-state index contributed by atoms with van der Waals surface area (Å²) in [5, 5.41) is 25.3. The molecule has 1 atom stereocenters. The Labute approximate surface area is 155 Å². The van der Waals surface area contributed by atoms with Crippen LogP contribution in [0.25, 0.3) is 0 Å². The number of carboxylic acids is 1. The van der Waals surface area contributed by atoms with Gasteiger partial charge in [0.15, 0.2) is 0 Å². The first kappa shape index (κ1) is 20.6. The van der Waals surface area contributed by atoms with Crippen molar-refractivity contribution in [3.63, 3.8) is 0 Å². The van der Waals surface area contributed by atoms with E-state index in [2.05, 4.69) is 4.99 Å². The van der Waals surface area contributed by atoms with Crippen molar-refractivity contribution in [2.45, 2.75) is 12.2 Å². The number of non-ortho nitro benzene ring substituents is 1. The van der Waals surface area contributed by atoms with E-state index in [1.807, 2.05) is 30.3 Å². The molecule has 0 radical (unpaired) electrons. The van der Waals surface area contributed by atoms with E-state index in [1.165, 1.54) is 12.1 Å². The molecule has 0 saturated carbocycles. The highest BCUT2D eigenvalue weighted by molar-refractivity contribution is 6.06. The van der Waals surface area contributed by atoms with E-state index in [-0.39, 0.29) is 11.7 Å². The van der Waals surface area contributed by atoms with Crippen molar-refractivity contribution in [3.8, 4) is 0 Å². The van der Waals surface area contributed by atoms with Crippen LogP contribution in [0.15, 0.2) is 59.6 Å². The van der Waals surface area contributed by atoms with Crippen molar-refractivity contribution in [1.82, 2.24) is 0 Å². The van der Waals surface area contributed by atoms with Crippen LogP contribution in [0.4, 0.5) is 18.9 Å². The van der Waals surface area contributed by atoms with E-state index < -0.39 is 17.1 Å². The van der Waals surface area contributed by atoms with Crippen molar-refractivity contribution < 1.29 is 38.1 Å². The maximum Gasteiger partial charge on any atom is 0.430 e. The number of hydrogen-bond donors (Lipinski definition) is 1. The number of halogens is 3. The summed E-state index contributed by atoms with van der Waals surface area (Å²) in [5.74, 6) is -2.33. The van der Waals surface area contributed by atoms with Crippen molar-refractivity contribution in [2.24, 2.45) is 4.99 Å². The number of ether oxygens (including phenoxy) is 1. The molecule has 0 spiro atoms. The number of nitro benzene ring substituents is 1. The normalized spacial score (nSPS) is 15.8. The largest absolute Gasteiger partial charge is 0.542 e. The summed E-state index contributed by atoms with van der Waals surface area (Å²) in [7, 11) is 0. The minimum atomic E-state index is -5.19. The molecule has 0 aromatic heterocycles. The Hall–Kier alpha value is -3.76. The van der Waals surface area contributed by atoms with Crippen molar-refractivity contribution in [2.75, 3.05) is 0 Å². The average molecular weight is 395 g/mol. The van der Waals surface area contributed by atoms with Crippen LogP contribution in [0.2, 0.25) is 0 Å². The fourth-order valence-corrected chi connectivity index (χ4v) is 2.11. The third-order valence-electron chi connectivity index (χ3n) is 3.40. The molecule has 1 aliphatic rings. The molecule has 2 aromatic rings. The van der Waals surface area contributed by atoms with Crippen molar-refractivity contribution in [1.29, 1.82) is 0 Å². The molecule has 2 N–H and O–H groups in total. The summed E-state index contributed by atoms with van der Waals surface area (Å²) in [6, 6.07) is 15.2. The van der Waals surface area contributed by atoms with E-state index in [9.17, 15) is 23.3 Å². The number of carbonyl (C=O) groups is 1. The first-order valence-corrected chi connectivity index (χ1v) is 7.55. The lowest BCUT2D eigenvalue weighted by molar-refractivity contribution is -0.384. The second-order valence-corrected chi connectivity index (χ2v) is 5.34. The van der Waals surface area contributed by atoms with Crippen LogP contribution in [-0.2, 0) is 9.53 Å². The fraction of sp³-hybridized carbons (Fsp3) is 0.118. The number of aliphatic imine (C=N–C) groups is 1. The van der Waals surface area contributed by atoms with Crippen LogP contribution < -0.4 is 10.5 Å². The zero-order valence-corrected chi connectivity index (χ0v) is 13.9. The van der Waals surface area contributed by atoms with Crippen LogP contribution in [0.5, 0.6) is 0 Å². The van der Waals surface area contributed by atoms with Crippen molar-refractivity contribution in [3.05, 3.63) is 75.8 Å². The van der Waals surface area contributed by atoms with E-state index in [4.69, 9.17) is 20.0 Å². The predicted octanol–water partition coefficient (Wildman–Crippen LogP) is 0.569. The number of carboxylic acid groups (broad SMARTS) is 1. The maximum absolute atomic E-state index is 10.6. The molecule has 0 bridgehead atoms. The minimum absolute atomic E-state index is 0.0221. The molecule has 146 valence electrons. The van der Waals surface area contributed by atoms with E-state index >= 15 is 0 Å². The summed E-state index contributed by atoms with van der Waals surface area (Å²) in [4.78, 5) is 23.4. The Morgan fingerprint density at radius 3 is 2.11 bits per heavy atom. The van der Waals surface area contributed by atoms with Gasteiger partial charge in [-0.3, -0.25) is 10.1 Å². The monoisotopic (exact) mass is 395 g/mol. The molecule has 0 amide bonds. The SMILES string of the molecule is O=C([O-])C(F)(F)F.[NH2+]=C1OC(c2ccc([N+](=O)[O-])cc2)=NC1c1ccccc1. The number of aliphatic carboxylic acids is 1. The highest BCUT2D eigenvalue weighted by Gasteiger charge is 2.32. The summed E-state index contributed by atoms with van der Waals surface area (Å²) in [5.41, 5.74) is 1.61. The zero-order valence-electron chi connectivity index (χ0n) is 13.9. The lowest BCUT2D eigenvalue weighted by Gasteiger charge is -2.03. The highest BCUT2D eigenvalue weighted by atomic mass is 19.4. The van der Waals surface area contributed by atoms with Gasteiger partial charge < -0.3 is 14.6 Å². The number of alkyl halides is 3. The van der Waals surface area contributed by atoms with Gasteiger partial charge in [0, 0.05) is 17.7 Å². The summed E-state index contributed by atoms with van der Waals surface area (Å²) < 4.78 is 37.0. The first-order valence-electron chi connectivity index (χ1n) is 7.55. The van der Waals surface area contributed by atoms with Gasteiger partial charge in [0.05, 0.1) is 4.92 Å². The minimum Gasteiger partial charge on any atom is -0.542 e. The lowest BCUT2D eigenvalue weighted by atomic mass is 10.1. The Morgan fingerprint density at radius 1 is 1.11 bits per heavy atom. The van der Waals surface area contributed by atoms with Crippen LogP contribution in [0, 0.1) is 10.1 Å². The van der Waals surface area contributed by atoms with Gasteiger partial charge in [-0.1, -0.05) is 30.3 Å². The molecular formula is C17H12F3N3O5. The molecule has 1 heterocycles. The van der Waals surface area contributed by atoms with Crippen LogP contribution in [0.3, 0.4) is 0 Å². The molecule has 1 unspecified atom stereocenters. The molecule has 28 heavy (non-hydrogen) atoms. The Morgan fingerprint density at radius 2 is 1.64 bits per heavy atom. The molecule has 8 nitrogen and oxygen atoms in total. The van der Waals surface area contributed by atoms with Crippen molar-refractivity contribution >= 4 is 23.5 Å². The number of benzene rings is 2. The topological polar surface area (TPSA) is 130 Å². The predicted molar refractivity (Wildman–Crippen MR) is 87.9 cm³/mol. The van der Waals surface area contributed by atoms with E-state index in [1.54, 1.807) is 12.1 Å². The fourth-order valence-electron chi connectivity index (χ4n) is 2.11. The van der Waals surface area contributed by atoms with E-state index in [0.29, 0.717) is 17.4 Å². The first-order chi connectivity index (χ1) is 13.1. The number of nitro groups is 1. The standard InChI is InChI=1S/C15H11N3O3.C2HF3O2/c16-14-13(10-4-2-1-3-5-10)17-15(21-14)11-6-8-12(9-7-11)18(19)20;3-2(4,5)1(6)7/h1-9,13,16H;(H,6,7). The van der Waals surface area contributed by atoms with Gasteiger partial charge in [-0.25, -0.2) is 10.4 Å². The average Bonchev–Trinajstić information content (AvgIpc) is 3.04. The van der Waals surface area contributed by atoms with Gasteiger partial charge in [0.25, 0.3) is 5.69 Å². The van der Waals surface area contributed by atoms with Crippen LogP contribution in [-0.4, -0.2) is 28.9 Å². The van der Waals surface area contributed by atoms with Gasteiger partial charge in [0.1, 0.15) is 5.97 Å². The van der Waals surface area contributed by atoms with Crippen LogP contribution in [0.1, 0.15) is 17.2 Å². The number of nitrogens with zero attached hydrogens (tertiary/aromatic N) is 2. The summed E-state index contributed by atoms with van der Waals surface area (Å²) in [6.07, 6.45) is -5.19. The molecule has 0 fully saturated rings. The smallest absolute Gasteiger partial charge is 0.430 e. The molecule has 11 heteroatoms. The molecular weight excluding hydrogens is 383 g/mol. The molecule has 3 rings (SSSR count). The second kappa shape index (κ2) is 8.29. The molecule has 0 aliphatic carbocycles. The maximum atomic E-state index is 10.6. The van der Waals surface area contributed by atoms with Gasteiger partial charge >= 0.3 is 12.1 Å². The Bertz CT molecular complexity index is 912. The highest BCUT2D eigenvalue weighted by Crippen LogP contribution is 2.26. The summed E-state index contributed by atoms with van der Waals surface area (Å²) in [6.45, 7) is 0. The molecule has 2 aromatic carbocycles. The number of carbonyl (C=O) groups excluding carboxylic acids is 1. The Kier molecular flexibility index (Phi) is 6.08. The van der Waals surface area contributed by atoms with Gasteiger partial charge in [-0.15, -0.1) is 0 Å². The number of hydrogen-bond acceptors (Lipinski definition) is 6. The van der Waals surface area contributed by atoms with Gasteiger partial charge in [-0.05, 0) is 17.7 Å². The van der Waals surface area contributed by atoms with Gasteiger partial charge in [0.2, 0.25) is 11.9 Å². The zero-order chi connectivity index (χ0) is 20.9. The molecule has 0 saturated heterocycles. The third kappa shape index (κ3) is 5.13. The summed E-state index contributed by atoms with van der Waals surface area (Å²) >= 11 is 0. The van der Waals surface area contributed by atoms with Crippen LogP contribution >= 0.6 is 0 Å². The third-order valence-corrected chi connectivity index (χ3v) is 3.40. The Balaban J connectivity index is 0.000000345. The van der Waals surface area contributed by atoms with Gasteiger partial charge in [-0.2, -0.15) is 13.2 Å². The quantitative estimate of drug-likeness (QED) is 0.600. The van der Waals surface area contributed by atoms with E-state index in [0.717, 1.165) is 5.56 Å². The molecule has 1 aliphatic heterocycles. The second-order valence-electron chi connectivity index (χ2n) is 5.34. The number of rotatable bonds is 3. The number of nitrogens with two attached hydrogens (primary N) is 1.